The fourth-order valence-electron chi connectivity index (χ4n) is 2.76. The van der Waals surface area contributed by atoms with Crippen molar-refractivity contribution in [2.24, 2.45) is 0 Å². The average Bonchev–Trinajstić information content (AvgIpc) is 3.05. The molecule has 0 spiro atoms. The molecule has 7 heteroatoms. The van der Waals surface area contributed by atoms with E-state index in [-0.39, 0.29) is 11.2 Å². The summed E-state index contributed by atoms with van der Waals surface area (Å²) < 4.78 is 31.4. The minimum Gasteiger partial charge on any atom is -0.339 e. The van der Waals surface area contributed by atoms with Crippen molar-refractivity contribution < 1.29 is 12.9 Å². The first-order valence-corrected chi connectivity index (χ1v) is 9.37. The van der Waals surface area contributed by atoms with Crippen LogP contribution in [0, 0.1) is 0 Å². The van der Waals surface area contributed by atoms with Crippen molar-refractivity contribution in [2.45, 2.75) is 37.9 Å². The lowest BCUT2D eigenvalue weighted by Crippen LogP contribution is -2.41. The molecule has 124 valence electrons. The molecule has 0 saturated carbocycles. The van der Waals surface area contributed by atoms with E-state index in [0.29, 0.717) is 37.6 Å². The van der Waals surface area contributed by atoms with Crippen LogP contribution in [0.4, 0.5) is 0 Å². The van der Waals surface area contributed by atoms with Crippen molar-refractivity contribution in [2.75, 3.05) is 13.1 Å². The lowest BCUT2D eigenvalue weighted by molar-refractivity contribution is 0.269. The Hall–Kier alpha value is -1.73. The summed E-state index contributed by atoms with van der Waals surface area (Å²) in [5.41, 5.74) is 0.919. The van der Waals surface area contributed by atoms with Crippen LogP contribution in [-0.4, -0.2) is 41.2 Å². The SMILES string of the molecule is CC(C)S(=O)(=O)N1CCC(c2nc(-c3ccccc3)no2)CC1. The Morgan fingerprint density at radius 2 is 1.83 bits per heavy atom. The van der Waals surface area contributed by atoms with Gasteiger partial charge in [0.15, 0.2) is 0 Å². The number of aromatic nitrogens is 2. The van der Waals surface area contributed by atoms with Gasteiger partial charge >= 0.3 is 0 Å². The van der Waals surface area contributed by atoms with Crippen LogP contribution in [0.3, 0.4) is 0 Å². The largest absolute Gasteiger partial charge is 0.339 e. The Kier molecular flexibility index (Phi) is 4.50. The molecule has 1 aliphatic heterocycles. The van der Waals surface area contributed by atoms with Crippen LogP contribution >= 0.6 is 0 Å². The Labute approximate surface area is 136 Å². The third-order valence-corrected chi connectivity index (χ3v) is 6.51. The maximum atomic E-state index is 12.2. The average molecular weight is 335 g/mol. The Morgan fingerprint density at radius 1 is 1.17 bits per heavy atom. The van der Waals surface area contributed by atoms with Crippen molar-refractivity contribution in [1.29, 1.82) is 0 Å². The van der Waals surface area contributed by atoms with Gasteiger partial charge in [0.2, 0.25) is 21.7 Å². The zero-order chi connectivity index (χ0) is 16.4. The standard InChI is InChI=1S/C16H21N3O3S/c1-12(2)23(20,21)19-10-8-14(9-11-19)16-17-15(18-22-16)13-6-4-3-5-7-13/h3-7,12,14H,8-11H2,1-2H3. The summed E-state index contributed by atoms with van der Waals surface area (Å²) in [6.45, 7) is 4.44. The fourth-order valence-corrected chi connectivity index (χ4v) is 4.08. The van der Waals surface area contributed by atoms with E-state index in [0.717, 1.165) is 5.56 Å². The van der Waals surface area contributed by atoms with Gasteiger partial charge in [0.1, 0.15) is 0 Å². The molecule has 1 fully saturated rings. The first-order valence-electron chi connectivity index (χ1n) is 7.86. The summed E-state index contributed by atoms with van der Waals surface area (Å²) in [6.07, 6.45) is 1.42. The van der Waals surface area contributed by atoms with E-state index >= 15 is 0 Å². The smallest absolute Gasteiger partial charge is 0.230 e. The number of hydrogen-bond acceptors (Lipinski definition) is 5. The molecule has 1 aliphatic rings. The lowest BCUT2D eigenvalue weighted by atomic mass is 9.98. The molecular weight excluding hydrogens is 314 g/mol. The molecule has 0 aliphatic carbocycles. The van der Waals surface area contributed by atoms with E-state index in [1.54, 1.807) is 18.2 Å². The number of benzene rings is 1. The molecular formula is C16H21N3O3S. The second-order valence-electron chi connectivity index (χ2n) is 6.09. The van der Waals surface area contributed by atoms with E-state index < -0.39 is 10.0 Å². The van der Waals surface area contributed by atoms with Crippen LogP contribution in [0.1, 0.15) is 38.5 Å². The quantitative estimate of drug-likeness (QED) is 0.858. The summed E-state index contributed by atoms with van der Waals surface area (Å²) >= 11 is 0. The van der Waals surface area contributed by atoms with Gasteiger partial charge in [-0.25, -0.2) is 12.7 Å². The molecule has 1 saturated heterocycles. The van der Waals surface area contributed by atoms with Crippen LogP contribution in [-0.2, 0) is 10.0 Å². The highest BCUT2D eigenvalue weighted by atomic mass is 32.2. The molecule has 23 heavy (non-hydrogen) atoms. The molecule has 0 bridgehead atoms. The van der Waals surface area contributed by atoms with E-state index in [2.05, 4.69) is 10.1 Å². The maximum Gasteiger partial charge on any atom is 0.230 e. The van der Waals surface area contributed by atoms with Crippen molar-refractivity contribution in [3.05, 3.63) is 36.2 Å². The number of rotatable bonds is 4. The highest BCUT2D eigenvalue weighted by Gasteiger charge is 2.32. The van der Waals surface area contributed by atoms with Crippen molar-refractivity contribution >= 4 is 10.0 Å². The molecule has 0 amide bonds. The van der Waals surface area contributed by atoms with Gasteiger partial charge in [-0.15, -0.1) is 0 Å². The summed E-state index contributed by atoms with van der Waals surface area (Å²) in [4.78, 5) is 4.48. The molecule has 2 aromatic rings. The van der Waals surface area contributed by atoms with E-state index in [4.69, 9.17) is 4.52 Å². The molecule has 3 rings (SSSR count). The van der Waals surface area contributed by atoms with Gasteiger partial charge in [0, 0.05) is 24.6 Å². The van der Waals surface area contributed by atoms with E-state index in [9.17, 15) is 8.42 Å². The second-order valence-corrected chi connectivity index (χ2v) is 8.58. The van der Waals surface area contributed by atoms with Crippen molar-refractivity contribution in [3.8, 4) is 11.4 Å². The minimum atomic E-state index is -3.18. The number of nitrogens with zero attached hydrogens (tertiary/aromatic N) is 3. The van der Waals surface area contributed by atoms with Crippen molar-refractivity contribution in [3.63, 3.8) is 0 Å². The van der Waals surface area contributed by atoms with Gasteiger partial charge in [-0.1, -0.05) is 35.5 Å². The zero-order valence-corrected chi connectivity index (χ0v) is 14.2. The van der Waals surface area contributed by atoms with Crippen LogP contribution < -0.4 is 0 Å². The summed E-state index contributed by atoms with van der Waals surface area (Å²) in [6, 6.07) is 9.68. The Morgan fingerprint density at radius 3 is 2.43 bits per heavy atom. The summed E-state index contributed by atoms with van der Waals surface area (Å²) in [5, 5.41) is 3.66. The van der Waals surface area contributed by atoms with Crippen LogP contribution in [0.2, 0.25) is 0 Å². The fraction of sp³-hybridized carbons (Fsp3) is 0.500. The van der Waals surface area contributed by atoms with Gasteiger partial charge in [-0.3, -0.25) is 0 Å². The van der Waals surface area contributed by atoms with Gasteiger partial charge in [-0.2, -0.15) is 4.98 Å². The van der Waals surface area contributed by atoms with Gasteiger partial charge in [0.25, 0.3) is 0 Å². The molecule has 0 N–H and O–H groups in total. The first kappa shape index (κ1) is 16.1. The second kappa shape index (κ2) is 6.41. The van der Waals surface area contributed by atoms with Crippen LogP contribution in [0.25, 0.3) is 11.4 Å². The van der Waals surface area contributed by atoms with Crippen molar-refractivity contribution in [1.82, 2.24) is 14.4 Å². The number of piperidine rings is 1. The number of sulfonamides is 1. The molecule has 1 aromatic heterocycles. The Balaban J connectivity index is 1.68. The topological polar surface area (TPSA) is 76.3 Å². The normalized spacial score (nSPS) is 17.7. The molecule has 0 radical (unpaired) electrons. The number of hydrogen-bond donors (Lipinski definition) is 0. The van der Waals surface area contributed by atoms with Gasteiger partial charge in [0.05, 0.1) is 5.25 Å². The maximum absolute atomic E-state index is 12.2. The van der Waals surface area contributed by atoms with Crippen LogP contribution in [0.15, 0.2) is 34.9 Å². The molecule has 2 heterocycles. The van der Waals surface area contributed by atoms with Crippen LogP contribution in [0.5, 0.6) is 0 Å². The first-order chi connectivity index (χ1) is 11.0. The third kappa shape index (κ3) is 3.30. The molecule has 0 unspecified atom stereocenters. The van der Waals surface area contributed by atoms with Gasteiger partial charge < -0.3 is 4.52 Å². The van der Waals surface area contributed by atoms with E-state index in [1.807, 2.05) is 30.3 Å². The molecule has 0 atom stereocenters. The molecule has 1 aromatic carbocycles. The predicted octanol–water partition coefficient (Wildman–Crippen LogP) is 2.65. The molecule has 6 nitrogen and oxygen atoms in total. The minimum absolute atomic E-state index is 0.124. The monoisotopic (exact) mass is 335 g/mol. The third-order valence-electron chi connectivity index (χ3n) is 4.23. The lowest BCUT2D eigenvalue weighted by Gasteiger charge is -2.30. The zero-order valence-electron chi connectivity index (χ0n) is 13.3. The Bertz CT molecular complexity index is 748. The summed E-state index contributed by atoms with van der Waals surface area (Å²) in [7, 11) is -3.18. The highest BCUT2D eigenvalue weighted by Crippen LogP contribution is 2.30. The van der Waals surface area contributed by atoms with Gasteiger partial charge in [-0.05, 0) is 26.7 Å². The van der Waals surface area contributed by atoms with E-state index in [1.165, 1.54) is 0 Å². The predicted molar refractivity (Wildman–Crippen MR) is 87.3 cm³/mol. The summed E-state index contributed by atoms with van der Waals surface area (Å²) in [5.74, 6) is 1.31. The highest BCUT2D eigenvalue weighted by molar-refractivity contribution is 7.89.